The predicted octanol–water partition coefficient (Wildman–Crippen LogP) is 2.29. The first-order valence-corrected chi connectivity index (χ1v) is 6.58. The van der Waals surface area contributed by atoms with E-state index in [0.29, 0.717) is 15.7 Å². The number of Topliss-reactive ketones (excluding diaryl/α,β-unsaturated/α-hetero) is 1. The van der Waals surface area contributed by atoms with E-state index in [2.05, 4.69) is 0 Å². The number of halogens is 2. The topological polar surface area (TPSA) is 55.8 Å². The van der Waals surface area contributed by atoms with Gasteiger partial charge in [-0.05, 0) is 25.1 Å². The number of carbonyl (C=O) groups is 2. The van der Waals surface area contributed by atoms with Crippen LogP contribution in [0.1, 0.15) is 6.92 Å². The van der Waals surface area contributed by atoms with Crippen LogP contribution in [-0.2, 0) is 19.1 Å². The zero-order valence-corrected chi connectivity index (χ0v) is 12.4. The van der Waals surface area contributed by atoms with Gasteiger partial charge in [-0.1, -0.05) is 23.2 Å². The molecular weight excluding hydrogens is 305 g/mol. The molecule has 0 saturated carbocycles. The molecule has 0 spiro atoms. The third kappa shape index (κ3) is 2.67. The van der Waals surface area contributed by atoms with E-state index in [0.717, 1.165) is 0 Å². The van der Waals surface area contributed by atoms with Crippen LogP contribution < -0.4 is 4.90 Å². The van der Waals surface area contributed by atoms with Crippen molar-refractivity contribution < 1.29 is 19.1 Å². The predicted molar refractivity (Wildman–Crippen MR) is 75.2 cm³/mol. The maximum atomic E-state index is 11.9. The summed E-state index contributed by atoms with van der Waals surface area (Å²) in [6.45, 7) is 1.69. The highest BCUT2D eigenvalue weighted by Crippen LogP contribution is 2.35. The summed E-state index contributed by atoms with van der Waals surface area (Å²) >= 11 is 11.9. The Morgan fingerprint density at radius 1 is 1.45 bits per heavy atom. The summed E-state index contributed by atoms with van der Waals surface area (Å²) in [6.07, 6.45) is 0.260. The largest absolute Gasteiger partial charge is 0.351 e. The number of anilines is 1. The van der Waals surface area contributed by atoms with Gasteiger partial charge in [-0.15, -0.1) is 0 Å². The number of benzene rings is 1. The highest BCUT2D eigenvalue weighted by atomic mass is 35.5. The Kier molecular flexibility index (Phi) is 4.34. The minimum atomic E-state index is -1.20. The van der Waals surface area contributed by atoms with Crippen LogP contribution in [0.4, 0.5) is 5.69 Å². The first-order valence-electron chi connectivity index (χ1n) is 5.82. The van der Waals surface area contributed by atoms with Gasteiger partial charge in [-0.2, -0.15) is 0 Å². The van der Waals surface area contributed by atoms with Crippen molar-refractivity contribution in [3.63, 3.8) is 0 Å². The van der Waals surface area contributed by atoms with Crippen LogP contribution in [0.25, 0.3) is 0 Å². The summed E-state index contributed by atoms with van der Waals surface area (Å²) in [6, 6.07) is 3.97. The van der Waals surface area contributed by atoms with Gasteiger partial charge in [0.25, 0.3) is 0 Å². The molecule has 20 heavy (non-hydrogen) atoms. The monoisotopic (exact) mass is 317 g/mol. The number of rotatable bonds is 4. The van der Waals surface area contributed by atoms with Crippen LogP contribution in [0, 0.1) is 0 Å². The van der Waals surface area contributed by atoms with Crippen molar-refractivity contribution in [1.82, 2.24) is 0 Å². The van der Waals surface area contributed by atoms with Crippen LogP contribution in [0.5, 0.6) is 0 Å². The Morgan fingerprint density at radius 2 is 2.05 bits per heavy atom. The molecule has 0 amide bonds. The molecule has 1 aromatic carbocycles. The molecule has 0 bridgehead atoms. The molecule has 0 N–H and O–H groups in total. The molecule has 1 heterocycles. The Morgan fingerprint density at radius 3 is 2.55 bits per heavy atom. The zero-order chi connectivity index (χ0) is 14.9. The summed E-state index contributed by atoms with van der Waals surface area (Å²) in [7, 11) is 1.42. The van der Waals surface area contributed by atoms with Crippen molar-refractivity contribution in [2.45, 2.75) is 18.8 Å². The molecule has 7 heteroatoms. The van der Waals surface area contributed by atoms with Crippen molar-refractivity contribution >= 4 is 41.0 Å². The molecule has 108 valence electrons. The summed E-state index contributed by atoms with van der Waals surface area (Å²) < 4.78 is 10.7. The average Bonchev–Trinajstić information content (AvgIpc) is 2.75. The molecule has 2 atom stereocenters. The molecule has 1 aromatic rings. The number of methoxy groups -OCH3 is 1. The van der Waals surface area contributed by atoms with Gasteiger partial charge >= 0.3 is 0 Å². The molecule has 0 aliphatic carbocycles. The van der Waals surface area contributed by atoms with Crippen LogP contribution in [0.3, 0.4) is 0 Å². The van der Waals surface area contributed by atoms with Gasteiger partial charge < -0.3 is 14.4 Å². The van der Waals surface area contributed by atoms with Crippen LogP contribution in [-0.4, -0.2) is 37.7 Å². The molecule has 2 unspecified atom stereocenters. The van der Waals surface area contributed by atoms with Gasteiger partial charge in [0.15, 0.2) is 18.1 Å². The second kappa shape index (κ2) is 5.69. The maximum Gasteiger partial charge on any atom is 0.223 e. The minimum absolute atomic E-state index is 0.0885. The van der Waals surface area contributed by atoms with Crippen LogP contribution in [0.15, 0.2) is 18.2 Å². The highest BCUT2D eigenvalue weighted by Gasteiger charge is 2.50. The fourth-order valence-corrected chi connectivity index (χ4v) is 2.72. The molecule has 5 nitrogen and oxygen atoms in total. The highest BCUT2D eigenvalue weighted by molar-refractivity contribution is 6.35. The summed E-state index contributed by atoms with van der Waals surface area (Å²) in [5.74, 6) is -1.84. The summed E-state index contributed by atoms with van der Waals surface area (Å²) in [4.78, 5) is 24.4. The third-order valence-corrected chi connectivity index (χ3v) is 3.70. The van der Waals surface area contributed by atoms with E-state index in [1.165, 1.54) is 7.11 Å². The van der Waals surface area contributed by atoms with Gasteiger partial charge in [0.05, 0.1) is 0 Å². The van der Waals surface area contributed by atoms with Gasteiger partial charge in [0.2, 0.25) is 5.78 Å². The number of aldehydes is 1. The smallest absolute Gasteiger partial charge is 0.223 e. The molecule has 2 rings (SSSR count). The zero-order valence-electron chi connectivity index (χ0n) is 10.9. The Labute approximate surface area is 126 Å². The maximum absolute atomic E-state index is 11.9. The van der Waals surface area contributed by atoms with E-state index < -0.39 is 17.6 Å². The molecule has 0 aromatic heterocycles. The van der Waals surface area contributed by atoms with Crippen molar-refractivity contribution in [3.05, 3.63) is 28.2 Å². The SMILES string of the molecule is COC1(C)OCN(c2cc(Cl)cc(Cl)c2)C1C(=O)C=O. The van der Waals surface area contributed by atoms with Crippen LogP contribution >= 0.6 is 23.2 Å². The van der Waals surface area contributed by atoms with E-state index in [-0.39, 0.29) is 13.0 Å². The summed E-state index contributed by atoms with van der Waals surface area (Å²) in [5, 5.41) is 0.853. The fourth-order valence-electron chi connectivity index (χ4n) is 2.21. The van der Waals surface area contributed by atoms with Gasteiger partial charge in [0, 0.05) is 22.8 Å². The number of hydrogen-bond donors (Lipinski definition) is 0. The number of ketones is 1. The minimum Gasteiger partial charge on any atom is -0.351 e. The van der Waals surface area contributed by atoms with Crippen molar-refractivity contribution in [2.75, 3.05) is 18.7 Å². The Hall–Kier alpha value is -1.14. The Balaban J connectivity index is 2.44. The number of hydrogen-bond acceptors (Lipinski definition) is 5. The van der Waals surface area contributed by atoms with Gasteiger partial charge in [-0.25, -0.2) is 0 Å². The molecule has 1 saturated heterocycles. The number of ether oxygens (including phenoxy) is 2. The lowest BCUT2D eigenvalue weighted by atomic mass is 10.0. The second-order valence-corrected chi connectivity index (χ2v) is 5.39. The molecular formula is C13H13Cl2NO4. The van der Waals surface area contributed by atoms with E-state index in [1.807, 2.05) is 0 Å². The molecule has 1 aliphatic rings. The van der Waals surface area contributed by atoms with Crippen LogP contribution in [0.2, 0.25) is 10.0 Å². The lowest BCUT2D eigenvalue weighted by molar-refractivity contribution is -0.188. The first kappa shape index (κ1) is 15.3. The quantitative estimate of drug-likeness (QED) is 0.630. The van der Waals surface area contributed by atoms with E-state index in [1.54, 1.807) is 30.0 Å². The van der Waals surface area contributed by atoms with E-state index in [9.17, 15) is 9.59 Å². The fraction of sp³-hybridized carbons (Fsp3) is 0.385. The van der Waals surface area contributed by atoms with Crippen molar-refractivity contribution in [2.24, 2.45) is 0 Å². The van der Waals surface area contributed by atoms with Crippen molar-refractivity contribution in [1.29, 1.82) is 0 Å². The van der Waals surface area contributed by atoms with Crippen molar-refractivity contribution in [3.8, 4) is 0 Å². The molecule has 0 radical (unpaired) electrons. The molecule has 1 fully saturated rings. The Bertz CT molecular complexity index is 531. The third-order valence-electron chi connectivity index (χ3n) is 3.27. The summed E-state index contributed by atoms with van der Waals surface area (Å²) in [5.41, 5.74) is 0.587. The normalized spacial score (nSPS) is 25.8. The lowest BCUT2D eigenvalue weighted by Crippen LogP contribution is -2.50. The number of nitrogens with zero attached hydrogens (tertiary/aromatic N) is 1. The standard InChI is InChI=1S/C13H13Cl2NO4/c1-13(19-2)12(11(18)6-17)16(7-20-13)10-4-8(14)3-9(15)5-10/h3-6,12H,7H2,1-2H3. The first-order chi connectivity index (χ1) is 9.41. The molecule has 1 aliphatic heterocycles. The van der Waals surface area contributed by atoms with Gasteiger partial charge in [0.1, 0.15) is 6.73 Å². The van der Waals surface area contributed by atoms with E-state index in [4.69, 9.17) is 32.7 Å². The number of carbonyl (C=O) groups excluding carboxylic acids is 2. The van der Waals surface area contributed by atoms with Gasteiger partial charge in [-0.3, -0.25) is 9.59 Å². The second-order valence-electron chi connectivity index (χ2n) is 4.51. The van der Waals surface area contributed by atoms with E-state index >= 15 is 0 Å². The average molecular weight is 318 g/mol. The lowest BCUT2D eigenvalue weighted by Gasteiger charge is -2.30.